The summed E-state index contributed by atoms with van der Waals surface area (Å²) in [6.45, 7) is 0.0548. The number of halogens is 3. The number of nitrogens with two attached hydrogens (primary N) is 1. The molecule has 0 saturated carbocycles. The molecule has 0 amide bonds. The summed E-state index contributed by atoms with van der Waals surface area (Å²) in [5.74, 6) is -1.60. The van der Waals surface area contributed by atoms with E-state index < -0.39 is 18.6 Å². The molecule has 2 nitrogen and oxygen atoms in total. The topological polar surface area (TPSA) is 30.9 Å². The Kier molecular flexibility index (Phi) is 4.48. The van der Waals surface area contributed by atoms with Crippen LogP contribution in [0.4, 0.5) is 13.2 Å². The molecule has 5 heteroatoms. The SMILES string of the molecule is NCC(c1cc2c(n1Cc1ccccc1)CCCC2)C(F)(F)F. The summed E-state index contributed by atoms with van der Waals surface area (Å²) >= 11 is 0. The van der Waals surface area contributed by atoms with Gasteiger partial charge in [-0.05, 0) is 42.9 Å². The van der Waals surface area contributed by atoms with Gasteiger partial charge in [-0.15, -0.1) is 0 Å². The fourth-order valence-corrected chi connectivity index (χ4v) is 3.45. The van der Waals surface area contributed by atoms with Gasteiger partial charge in [0.15, 0.2) is 0 Å². The highest BCUT2D eigenvalue weighted by Crippen LogP contribution is 2.38. The molecule has 0 saturated heterocycles. The highest BCUT2D eigenvalue weighted by molar-refractivity contribution is 5.34. The first-order chi connectivity index (χ1) is 11.0. The summed E-state index contributed by atoms with van der Waals surface area (Å²) in [6, 6.07) is 11.4. The van der Waals surface area contributed by atoms with Crippen molar-refractivity contribution < 1.29 is 13.2 Å². The smallest absolute Gasteiger partial charge is 0.343 e. The molecule has 0 spiro atoms. The molecule has 1 aromatic heterocycles. The van der Waals surface area contributed by atoms with Crippen molar-refractivity contribution in [1.29, 1.82) is 0 Å². The number of fused-ring (bicyclic) bond motifs is 1. The lowest BCUT2D eigenvalue weighted by atomic mass is 9.97. The predicted octanol–water partition coefficient (Wildman–Crippen LogP) is 4.02. The van der Waals surface area contributed by atoms with E-state index in [1.165, 1.54) is 0 Å². The van der Waals surface area contributed by atoms with Crippen LogP contribution in [0.25, 0.3) is 0 Å². The Hall–Kier alpha value is -1.75. The lowest BCUT2D eigenvalue weighted by Crippen LogP contribution is -2.30. The molecule has 2 aromatic rings. The second-order valence-corrected chi connectivity index (χ2v) is 6.15. The molecule has 2 N–H and O–H groups in total. The standard InChI is InChI=1S/C18H21F3N2/c19-18(20,21)15(11-22)17-10-14-8-4-5-9-16(14)23(17)12-13-6-2-1-3-7-13/h1-3,6-7,10,15H,4-5,8-9,11-12,22H2. The third-order valence-corrected chi connectivity index (χ3v) is 4.61. The van der Waals surface area contributed by atoms with Crippen molar-refractivity contribution in [2.45, 2.75) is 44.3 Å². The Labute approximate surface area is 134 Å². The Morgan fingerprint density at radius 1 is 1.09 bits per heavy atom. The van der Waals surface area contributed by atoms with Gasteiger partial charge in [-0.1, -0.05) is 30.3 Å². The number of nitrogens with zero attached hydrogens (tertiary/aromatic N) is 1. The summed E-state index contributed by atoms with van der Waals surface area (Å²) in [7, 11) is 0. The number of hydrogen-bond acceptors (Lipinski definition) is 1. The van der Waals surface area contributed by atoms with Crippen LogP contribution in [0.1, 0.15) is 41.3 Å². The van der Waals surface area contributed by atoms with Crippen molar-refractivity contribution in [3.05, 3.63) is 58.9 Å². The van der Waals surface area contributed by atoms with Gasteiger partial charge in [-0.3, -0.25) is 0 Å². The van der Waals surface area contributed by atoms with Crippen molar-refractivity contribution in [2.24, 2.45) is 5.73 Å². The van der Waals surface area contributed by atoms with Gasteiger partial charge in [0, 0.05) is 24.5 Å². The fourth-order valence-electron chi connectivity index (χ4n) is 3.45. The number of alkyl halides is 3. The Morgan fingerprint density at radius 2 is 1.78 bits per heavy atom. The average Bonchev–Trinajstić information content (AvgIpc) is 2.86. The molecule has 1 aliphatic rings. The monoisotopic (exact) mass is 322 g/mol. The molecule has 0 bridgehead atoms. The normalized spacial score (nSPS) is 16.2. The molecular formula is C18H21F3N2. The molecular weight excluding hydrogens is 301 g/mol. The molecule has 0 radical (unpaired) electrons. The highest BCUT2D eigenvalue weighted by atomic mass is 19.4. The average molecular weight is 322 g/mol. The number of aryl methyl sites for hydroxylation is 1. The Balaban J connectivity index is 2.06. The third kappa shape index (κ3) is 3.29. The molecule has 3 rings (SSSR count). The van der Waals surface area contributed by atoms with Crippen molar-refractivity contribution in [3.63, 3.8) is 0 Å². The van der Waals surface area contributed by atoms with E-state index in [1.54, 1.807) is 6.07 Å². The second-order valence-electron chi connectivity index (χ2n) is 6.15. The van der Waals surface area contributed by atoms with Crippen molar-refractivity contribution in [3.8, 4) is 0 Å². The maximum Gasteiger partial charge on any atom is 0.398 e. The zero-order valence-corrected chi connectivity index (χ0v) is 12.9. The molecule has 1 unspecified atom stereocenters. The van der Waals surface area contributed by atoms with Crippen LogP contribution in [-0.4, -0.2) is 17.3 Å². The third-order valence-electron chi connectivity index (χ3n) is 4.61. The molecule has 1 aromatic carbocycles. The van der Waals surface area contributed by atoms with E-state index in [2.05, 4.69) is 0 Å². The Bertz CT molecular complexity index is 659. The first-order valence-electron chi connectivity index (χ1n) is 8.02. The minimum atomic E-state index is -4.32. The van der Waals surface area contributed by atoms with Gasteiger partial charge in [0.25, 0.3) is 0 Å². The van der Waals surface area contributed by atoms with Gasteiger partial charge in [-0.2, -0.15) is 13.2 Å². The van der Waals surface area contributed by atoms with Crippen LogP contribution >= 0.6 is 0 Å². The largest absolute Gasteiger partial charge is 0.398 e. The zero-order chi connectivity index (χ0) is 16.4. The van der Waals surface area contributed by atoms with Crippen LogP contribution < -0.4 is 5.73 Å². The number of aromatic nitrogens is 1. The first-order valence-corrected chi connectivity index (χ1v) is 8.02. The fraction of sp³-hybridized carbons (Fsp3) is 0.444. The van der Waals surface area contributed by atoms with Crippen LogP contribution in [0, 0.1) is 0 Å². The maximum atomic E-state index is 13.4. The van der Waals surface area contributed by atoms with Crippen LogP contribution in [0.3, 0.4) is 0 Å². The molecule has 23 heavy (non-hydrogen) atoms. The minimum absolute atomic E-state index is 0.316. The van der Waals surface area contributed by atoms with Crippen LogP contribution in [0.2, 0.25) is 0 Å². The van der Waals surface area contributed by atoms with E-state index in [9.17, 15) is 13.2 Å². The minimum Gasteiger partial charge on any atom is -0.343 e. The molecule has 1 heterocycles. The van der Waals surface area contributed by atoms with E-state index in [4.69, 9.17) is 5.73 Å². The van der Waals surface area contributed by atoms with Crippen molar-refractivity contribution >= 4 is 0 Å². The van der Waals surface area contributed by atoms with Gasteiger partial charge in [0.2, 0.25) is 0 Å². The first kappa shape index (κ1) is 16.1. The van der Waals surface area contributed by atoms with E-state index in [0.717, 1.165) is 42.5 Å². The molecule has 0 fully saturated rings. The van der Waals surface area contributed by atoms with E-state index >= 15 is 0 Å². The summed E-state index contributed by atoms with van der Waals surface area (Å²) < 4.78 is 42.0. The summed E-state index contributed by atoms with van der Waals surface area (Å²) in [4.78, 5) is 0. The van der Waals surface area contributed by atoms with Crippen molar-refractivity contribution in [1.82, 2.24) is 4.57 Å². The van der Waals surface area contributed by atoms with Crippen molar-refractivity contribution in [2.75, 3.05) is 6.54 Å². The van der Waals surface area contributed by atoms with Gasteiger partial charge in [0.1, 0.15) is 5.92 Å². The van der Waals surface area contributed by atoms with Gasteiger partial charge >= 0.3 is 6.18 Å². The van der Waals surface area contributed by atoms with Gasteiger partial charge < -0.3 is 10.3 Å². The predicted molar refractivity (Wildman–Crippen MR) is 84.5 cm³/mol. The van der Waals surface area contributed by atoms with E-state index in [1.807, 2.05) is 34.9 Å². The van der Waals surface area contributed by atoms with Crippen LogP contribution in [0.15, 0.2) is 36.4 Å². The quantitative estimate of drug-likeness (QED) is 0.905. The molecule has 1 atom stereocenters. The van der Waals surface area contributed by atoms with E-state index in [0.29, 0.717) is 12.2 Å². The number of rotatable bonds is 4. The second kappa shape index (κ2) is 6.40. The summed E-state index contributed by atoms with van der Waals surface area (Å²) in [6.07, 6.45) is -0.535. The zero-order valence-electron chi connectivity index (χ0n) is 12.9. The number of benzene rings is 1. The molecule has 1 aliphatic carbocycles. The van der Waals surface area contributed by atoms with Gasteiger partial charge in [0.05, 0.1) is 0 Å². The lowest BCUT2D eigenvalue weighted by Gasteiger charge is -2.23. The Morgan fingerprint density at radius 3 is 2.43 bits per heavy atom. The maximum absolute atomic E-state index is 13.4. The number of hydrogen-bond donors (Lipinski definition) is 1. The summed E-state index contributed by atoms with van der Waals surface area (Å²) in [5, 5.41) is 0. The van der Waals surface area contributed by atoms with Crippen LogP contribution in [0.5, 0.6) is 0 Å². The lowest BCUT2D eigenvalue weighted by molar-refractivity contribution is -0.149. The molecule has 0 aliphatic heterocycles. The highest BCUT2D eigenvalue weighted by Gasteiger charge is 2.42. The van der Waals surface area contributed by atoms with E-state index in [-0.39, 0.29) is 0 Å². The van der Waals surface area contributed by atoms with Crippen LogP contribution in [-0.2, 0) is 19.4 Å². The summed E-state index contributed by atoms with van der Waals surface area (Å²) in [5.41, 5.74) is 8.92. The molecule has 124 valence electrons. The van der Waals surface area contributed by atoms with Gasteiger partial charge in [-0.25, -0.2) is 0 Å².